The fraction of sp³-hybridized carbons (Fsp3) is 0.500. The van der Waals surface area contributed by atoms with E-state index in [2.05, 4.69) is 35.8 Å². The Balaban J connectivity index is 2.70. The van der Waals surface area contributed by atoms with E-state index in [0.29, 0.717) is 0 Å². The average Bonchev–Trinajstić information content (AvgIpc) is 2.52. The van der Waals surface area contributed by atoms with Gasteiger partial charge in [-0.15, -0.1) is 11.3 Å². The van der Waals surface area contributed by atoms with Gasteiger partial charge in [0.1, 0.15) is 0 Å². The van der Waals surface area contributed by atoms with Gasteiger partial charge in [-0.05, 0) is 17.9 Å². The summed E-state index contributed by atoms with van der Waals surface area (Å²) >= 11 is 5.16. The number of hydrogen-bond acceptors (Lipinski definition) is 2. The highest BCUT2D eigenvalue weighted by Crippen LogP contribution is 2.27. The molecule has 0 aliphatic heterocycles. The molecule has 0 saturated carbocycles. The van der Waals surface area contributed by atoms with Gasteiger partial charge >= 0.3 is 0 Å². The molecule has 1 heterocycles. The molecular formula is C10H12BrNS. The Labute approximate surface area is 91.5 Å². The Morgan fingerprint density at radius 2 is 2.31 bits per heavy atom. The van der Waals surface area contributed by atoms with Gasteiger partial charge in [-0.3, -0.25) is 0 Å². The molecule has 1 aromatic heterocycles. The lowest BCUT2D eigenvalue weighted by Gasteiger charge is -2.19. The molecule has 0 atom stereocenters. The number of nitriles is 1. The monoisotopic (exact) mass is 257 g/mol. The third kappa shape index (κ3) is 3.13. The van der Waals surface area contributed by atoms with E-state index in [0.717, 1.165) is 17.3 Å². The second-order valence-electron chi connectivity index (χ2n) is 3.89. The first-order valence-electron chi connectivity index (χ1n) is 4.11. The average molecular weight is 258 g/mol. The fourth-order valence-corrected chi connectivity index (χ4v) is 2.32. The summed E-state index contributed by atoms with van der Waals surface area (Å²) in [4.78, 5) is 1.29. The number of alkyl halides is 1. The molecule has 0 aromatic carbocycles. The van der Waals surface area contributed by atoms with E-state index < -0.39 is 0 Å². The number of halogens is 1. The van der Waals surface area contributed by atoms with Crippen LogP contribution in [0, 0.1) is 16.7 Å². The summed E-state index contributed by atoms with van der Waals surface area (Å²) in [6.45, 7) is 4.43. The van der Waals surface area contributed by atoms with Crippen molar-refractivity contribution in [1.82, 2.24) is 0 Å². The number of rotatable bonds is 3. The van der Waals surface area contributed by atoms with Crippen LogP contribution in [-0.4, -0.2) is 5.33 Å². The molecular weight excluding hydrogens is 246 g/mol. The minimum atomic E-state index is 0.275. The zero-order valence-electron chi connectivity index (χ0n) is 7.80. The van der Waals surface area contributed by atoms with E-state index in [1.807, 2.05) is 11.4 Å². The maximum Gasteiger partial charge on any atom is 0.1000 e. The normalized spacial score (nSPS) is 11.2. The minimum Gasteiger partial charge on any atom is -0.192 e. The van der Waals surface area contributed by atoms with E-state index in [1.165, 1.54) is 4.88 Å². The Kier molecular flexibility index (Phi) is 3.52. The summed E-state index contributed by atoms with van der Waals surface area (Å²) in [5, 5.41) is 11.6. The van der Waals surface area contributed by atoms with Crippen molar-refractivity contribution < 1.29 is 0 Å². The SMILES string of the molecule is CC(C)(CBr)Cc1cc(C#N)cs1. The highest BCUT2D eigenvalue weighted by molar-refractivity contribution is 9.09. The van der Waals surface area contributed by atoms with Gasteiger partial charge in [-0.25, -0.2) is 0 Å². The van der Waals surface area contributed by atoms with Crippen LogP contribution < -0.4 is 0 Å². The summed E-state index contributed by atoms with van der Waals surface area (Å²) in [7, 11) is 0. The quantitative estimate of drug-likeness (QED) is 0.760. The molecule has 0 bridgehead atoms. The Hall–Kier alpha value is -0.330. The zero-order valence-corrected chi connectivity index (χ0v) is 10.2. The molecule has 1 aromatic rings. The summed E-state index contributed by atoms with van der Waals surface area (Å²) < 4.78 is 0. The first-order valence-corrected chi connectivity index (χ1v) is 6.11. The number of thiophene rings is 1. The first-order chi connectivity index (χ1) is 6.07. The van der Waals surface area contributed by atoms with Gasteiger partial charge in [-0.1, -0.05) is 29.8 Å². The van der Waals surface area contributed by atoms with Crippen LogP contribution in [0.2, 0.25) is 0 Å². The molecule has 0 spiro atoms. The van der Waals surface area contributed by atoms with Gasteiger partial charge in [-0.2, -0.15) is 5.26 Å². The molecule has 0 fully saturated rings. The van der Waals surface area contributed by atoms with E-state index in [-0.39, 0.29) is 5.41 Å². The molecule has 0 N–H and O–H groups in total. The lowest BCUT2D eigenvalue weighted by atomic mass is 9.91. The van der Waals surface area contributed by atoms with Crippen molar-refractivity contribution in [2.75, 3.05) is 5.33 Å². The molecule has 1 rings (SSSR count). The first kappa shape index (κ1) is 10.7. The topological polar surface area (TPSA) is 23.8 Å². The Bertz CT molecular complexity index is 322. The molecule has 0 aliphatic rings. The van der Waals surface area contributed by atoms with Crippen LogP contribution in [0.5, 0.6) is 0 Å². The molecule has 70 valence electrons. The van der Waals surface area contributed by atoms with Crippen LogP contribution in [0.15, 0.2) is 11.4 Å². The van der Waals surface area contributed by atoms with Crippen molar-refractivity contribution in [3.63, 3.8) is 0 Å². The maximum atomic E-state index is 8.65. The van der Waals surface area contributed by atoms with Crippen molar-refractivity contribution in [2.45, 2.75) is 20.3 Å². The van der Waals surface area contributed by atoms with Crippen molar-refractivity contribution in [2.24, 2.45) is 5.41 Å². The second kappa shape index (κ2) is 4.26. The van der Waals surface area contributed by atoms with Gasteiger partial charge in [0, 0.05) is 15.6 Å². The predicted octanol–water partition coefficient (Wildman–Crippen LogP) is 3.58. The van der Waals surface area contributed by atoms with Crippen molar-refractivity contribution >= 4 is 27.3 Å². The molecule has 0 unspecified atom stereocenters. The third-order valence-corrected chi connectivity index (χ3v) is 4.25. The largest absolute Gasteiger partial charge is 0.192 e. The van der Waals surface area contributed by atoms with Gasteiger partial charge in [0.05, 0.1) is 11.6 Å². The molecule has 0 aliphatic carbocycles. The maximum absolute atomic E-state index is 8.65. The van der Waals surface area contributed by atoms with Crippen molar-refractivity contribution in [3.05, 3.63) is 21.9 Å². The van der Waals surface area contributed by atoms with Crippen LogP contribution in [0.1, 0.15) is 24.3 Å². The van der Waals surface area contributed by atoms with Gasteiger partial charge in [0.15, 0.2) is 0 Å². The lowest BCUT2D eigenvalue weighted by molar-refractivity contribution is 0.428. The van der Waals surface area contributed by atoms with Gasteiger partial charge in [0.2, 0.25) is 0 Å². The third-order valence-electron chi connectivity index (χ3n) is 1.80. The Morgan fingerprint density at radius 3 is 2.77 bits per heavy atom. The number of nitrogens with zero attached hydrogens (tertiary/aromatic N) is 1. The van der Waals surface area contributed by atoms with Crippen LogP contribution in [0.3, 0.4) is 0 Å². The summed E-state index contributed by atoms with van der Waals surface area (Å²) in [6.07, 6.45) is 1.03. The summed E-state index contributed by atoms with van der Waals surface area (Å²) in [6, 6.07) is 4.13. The molecule has 0 saturated heterocycles. The molecule has 3 heteroatoms. The van der Waals surface area contributed by atoms with Crippen LogP contribution in [-0.2, 0) is 6.42 Å². The van der Waals surface area contributed by atoms with Crippen LogP contribution in [0.4, 0.5) is 0 Å². The van der Waals surface area contributed by atoms with E-state index in [1.54, 1.807) is 11.3 Å². The zero-order chi connectivity index (χ0) is 9.90. The number of hydrogen-bond donors (Lipinski definition) is 0. The van der Waals surface area contributed by atoms with E-state index >= 15 is 0 Å². The molecule has 0 radical (unpaired) electrons. The highest BCUT2D eigenvalue weighted by atomic mass is 79.9. The Morgan fingerprint density at radius 1 is 1.62 bits per heavy atom. The van der Waals surface area contributed by atoms with Gasteiger partial charge in [0.25, 0.3) is 0 Å². The summed E-state index contributed by atoms with van der Waals surface area (Å²) in [5.74, 6) is 0. The lowest BCUT2D eigenvalue weighted by Crippen LogP contribution is -2.15. The molecule has 0 amide bonds. The van der Waals surface area contributed by atoms with E-state index in [4.69, 9.17) is 5.26 Å². The highest BCUT2D eigenvalue weighted by Gasteiger charge is 2.17. The molecule has 1 nitrogen and oxygen atoms in total. The second-order valence-corrected chi connectivity index (χ2v) is 5.44. The minimum absolute atomic E-state index is 0.275. The van der Waals surface area contributed by atoms with Crippen LogP contribution in [0.25, 0.3) is 0 Å². The summed E-state index contributed by atoms with van der Waals surface area (Å²) in [5.41, 5.74) is 1.06. The van der Waals surface area contributed by atoms with Crippen LogP contribution >= 0.6 is 27.3 Å². The molecule has 13 heavy (non-hydrogen) atoms. The smallest absolute Gasteiger partial charge is 0.1000 e. The van der Waals surface area contributed by atoms with Gasteiger partial charge < -0.3 is 0 Å². The van der Waals surface area contributed by atoms with E-state index in [9.17, 15) is 0 Å². The van der Waals surface area contributed by atoms with Crippen molar-refractivity contribution in [3.8, 4) is 6.07 Å². The van der Waals surface area contributed by atoms with Crippen molar-refractivity contribution in [1.29, 1.82) is 5.26 Å². The predicted molar refractivity (Wildman–Crippen MR) is 60.3 cm³/mol. The standard InChI is InChI=1S/C10H12BrNS/c1-10(2,7-11)4-9-3-8(5-12)6-13-9/h3,6H,4,7H2,1-2H3. The fourth-order valence-electron chi connectivity index (χ4n) is 1.05.